The Morgan fingerprint density at radius 3 is 1.89 bits per heavy atom. The van der Waals surface area contributed by atoms with Gasteiger partial charge in [0.05, 0.1) is 0 Å². The van der Waals surface area contributed by atoms with Crippen LogP contribution >= 0.6 is 0 Å². The van der Waals surface area contributed by atoms with E-state index in [9.17, 15) is 4.79 Å². The molecule has 0 aromatic heterocycles. The molecular weight excluding hydrogens is 236 g/mol. The van der Waals surface area contributed by atoms with Gasteiger partial charge in [-0.2, -0.15) is 0 Å². The minimum absolute atomic E-state index is 0.0556. The summed E-state index contributed by atoms with van der Waals surface area (Å²) in [6.45, 7) is 0. The predicted octanol–water partition coefficient (Wildman–Crippen LogP) is 2.84. The van der Waals surface area contributed by atoms with Gasteiger partial charge in [-0.25, -0.2) is 4.79 Å². The van der Waals surface area contributed by atoms with Crippen LogP contribution in [0.5, 0.6) is 17.2 Å². The standard InChI is InChI=1S/C7H6O4.C6H6O/c8-5-3-1-2-4-6(5)11-7(9)10;7-6-4-2-1-3-5-6/h1-4,8H,(H,9,10);1-5,7H. The highest BCUT2D eigenvalue weighted by molar-refractivity contribution is 5.62. The van der Waals surface area contributed by atoms with Gasteiger partial charge in [0.15, 0.2) is 11.5 Å². The van der Waals surface area contributed by atoms with E-state index < -0.39 is 6.16 Å². The second kappa shape index (κ2) is 6.80. The molecule has 0 aliphatic heterocycles. The Balaban J connectivity index is 0.000000199. The minimum Gasteiger partial charge on any atom is -0.508 e. The smallest absolute Gasteiger partial charge is 0.508 e. The van der Waals surface area contributed by atoms with E-state index in [-0.39, 0.29) is 11.5 Å². The number of benzene rings is 2. The summed E-state index contributed by atoms with van der Waals surface area (Å²) >= 11 is 0. The first-order chi connectivity index (χ1) is 8.59. The van der Waals surface area contributed by atoms with Crippen molar-refractivity contribution < 1.29 is 24.9 Å². The Hall–Kier alpha value is -2.69. The van der Waals surface area contributed by atoms with E-state index in [0.717, 1.165) is 0 Å². The van der Waals surface area contributed by atoms with Crippen LogP contribution in [-0.2, 0) is 0 Å². The van der Waals surface area contributed by atoms with Crippen molar-refractivity contribution in [2.24, 2.45) is 0 Å². The summed E-state index contributed by atoms with van der Waals surface area (Å²) in [6, 6.07) is 14.6. The highest BCUT2D eigenvalue weighted by atomic mass is 16.7. The first-order valence-electron chi connectivity index (χ1n) is 5.02. The molecular formula is C13H12O5. The van der Waals surface area contributed by atoms with E-state index in [1.165, 1.54) is 12.1 Å². The van der Waals surface area contributed by atoms with Crippen LogP contribution in [0.15, 0.2) is 54.6 Å². The van der Waals surface area contributed by atoms with Crippen LogP contribution < -0.4 is 4.74 Å². The van der Waals surface area contributed by atoms with E-state index in [1.54, 1.807) is 36.4 Å². The molecule has 0 bridgehead atoms. The van der Waals surface area contributed by atoms with Crippen molar-refractivity contribution in [3.05, 3.63) is 54.6 Å². The first-order valence-corrected chi connectivity index (χ1v) is 5.02. The molecule has 94 valence electrons. The molecule has 2 aromatic rings. The average molecular weight is 248 g/mol. The summed E-state index contributed by atoms with van der Waals surface area (Å²) in [6.07, 6.45) is -1.44. The van der Waals surface area contributed by atoms with Gasteiger partial charge in [0.1, 0.15) is 5.75 Å². The molecule has 0 spiro atoms. The molecule has 0 radical (unpaired) electrons. The molecule has 5 nitrogen and oxygen atoms in total. The molecule has 0 atom stereocenters. The fourth-order valence-electron chi connectivity index (χ4n) is 1.07. The van der Waals surface area contributed by atoms with Gasteiger partial charge in [-0.1, -0.05) is 30.3 Å². The van der Waals surface area contributed by atoms with E-state index in [0.29, 0.717) is 5.75 Å². The van der Waals surface area contributed by atoms with Gasteiger partial charge in [0, 0.05) is 0 Å². The van der Waals surface area contributed by atoms with Crippen LogP contribution in [0.3, 0.4) is 0 Å². The highest BCUT2D eigenvalue weighted by Gasteiger charge is 2.03. The van der Waals surface area contributed by atoms with Crippen molar-refractivity contribution in [1.29, 1.82) is 0 Å². The molecule has 3 N–H and O–H groups in total. The van der Waals surface area contributed by atoms with Gasteiger partial charge in [-0.3, -0.25) is 0 Å². The predicted molar refractivity (Wildman–Crippen MR) is 64.9 cm³/mol. The molecule has 0 heterocycles. The topological polar surface area (TPSA) is 87.0 Å². The molecule has 0 unspecified atom stereocenters. The second-order valence-corrected chi connectivity index (χ2v) is 3.17. The fourth-order valence-corrected chi connectivity index (χ4v) is 1.07. The van der Waals surface area contributed by atoms with Gasteiger partial charge >= 0.3 is 6.16 Å². The Bertz CT molecular complexity index is 496. The van der Waals surface area contributed by atoms with Crippen molar-refractivity contribution in [2.45, 2.75) is 0 Å². The molecule has 0 aliphatic carbocycles. The maximum Gasteiger partial charge on any atom is 0.511 e. The number of ether oxygens (including phenoxy) is 1. The normalized spacial score (nSPS) is 8.89. The quantitative estimate of drug-likeness (QED) is 0.533. The zero-order valence-corrected chi connectivity index (χ0v) is 9.35. The van der Waals surface area contributed by atoms with Gasteiger partial charge in [-0.15, -0.1) is 0 Å². The molecule has 2 aromatic carbocycles. The first kappa shape index (κ1) is 13.4. The Morgan fingerprint density at radius 1 is 0.889 bits per heavy atom. The average Bonchev–Trinajstić information content (AvgIpc) is 2.33. The summed E-state index contributed by atoms with van der Waals surface area (Å²) in [5, 5.41) is 25.8. The molecule has 18 heavy (non-hydrogen) atoms. The van der Waals surface area contributed by atoms with Crippen LogP contribution in [0, 0.1) is 0 Å². The lowest BCUT2D eigenvalue weighted by Gasteiger charge is -2.00. The highest BCUT2D eigenvalue weighted by Crippen LogP contribution is 2.24. The third-order valence-corrected chi connectivity index (χ3v) is 1.82. The number of phenols is 2. The van der Waals surface area contributed by atoms with E-state index in [2.05, 4.69) is 4.74 Å². The van der Waals surface area contributed by atoms with Crippen LogP contribution in [0.4, 0.5) is 4.79 Å². The van der Waals surface area contributed by atoms with Gasteiger partial charge in [0.25, 0.3) is 0 Å². The van der Waals surface area contributed by atoms with Crippen molar-refractivity contribution in [2.75, 3.05) is 0 Å². The number of carboxylic acid groups (broad SMARTS) is 1. The van der Waals surface area contributed by atoms with Crippen molar-refractivity contribution in [3.63, 3.8) is 0 Å². The summed E-state index contributed by atoms with van der Waals surface area (Å²) in [7, 11) is 0. The lowest BCUT2D eigenvalue weighted by atomic mass is 10.3. The third kappa shape index (κ3) is 4.89. The molecule has 0 amide bonds. The van der Waals surface area contributed by atoms with E-state index in [4.69, 9.17) is 15.3 Å². The number of rotatable bonds is 1. The zero-order chi connectivity index (χ0) is 13.4. The number of aromatic hydroxyl groups is 2. The number of hydrogen-bond donors (Lipinski definition) is 3. The summed E-state index contributed by atoms with van der Waals surface area (Å²) < 4.78 is 4.21. The SMILES string of the molecule is O=C(O)Oc1ccccc1O.Oc1ccccc1. The van der Waals surface area contributed by atoms with Gasteiger partial charge in [0.2, 0.25) is 0 Å². The fraction of sp³-hybridized carbons (Fsp3) is 0. The summed E-state index contributed by atoms with van der Waals surface area (Å²) in [5.41, 5.74) is 0. The van der Waals surface area contributed by atoms with Crippen LogP contribution in [0.1, 0.15) is 0 Å². The van der Waals surface area contributed by atoms with Gasteiger partial charge in [-0.05, 0) is 24.3 Å². The molecule has 0 saturated heterocycles. The second-order valence-electron chi connectivity index (χ2n) is 3.17. The van der Waals surface area contributed by atoms with Crippen LogP contribution in [-0.4, -0.2) is 21.5 Å². The molecule has 0 fully saturated rings. The van der Waals surface area contributed by atoms with Crippen molar-refractivity contribution >= 4 is 6.16 Å². The Labute approximate surface area is 104 Å². The Kier molecular flexibility index (Phi) is 5.05. The minimum atomic E-state index is -1.44. The number of hydrogen-bond acceptors (Lipinski definition) is 4. The van der Waals surface area contributed by atoms with E-state index >= 15 is 0 Å². The largest absolute Gasteiger partial charge is 0.511 e. The van der Waals surface area contributed by atoms with Crippen LogP contribution in [0.25, 0.3) is 0 Å². The van der Waals surface area contributed by atoms with Gasteiger partial charge < -0.3 is 20.1 Å². The lowest BCUT2D eigenvalue weighted by Crippen LogP contribution is -2.02. The number of carbonyl (C=O) groups is 1. The molecule has 0 saturated carbocycles. The summed E-state index contributed by atoms with van der Waals surface area (Å²) in [5.74, 6) is 0.0809. The van der Waals surface area contributed by atoms with Crippen molar-refractivity contribution in [3.8, 4) is 17.2 Å². The number of phenolic OH excluding ortho intramolecular Hbond substituents is 2. The monoisotopic (exact) mass is 248 g/mol. The maximum absolute atomic E-state index is 9.99. The number of para-hydroxylation sites is 3. The molecule has 5 heteroatoms. The maximum atomic E-state index is 9.99. The van der Waals surface area contributed by atoms with E-state index in [1.807, 2.05) is 6.07 Å². The van der Waals surface area contributed by atoms with Crippen LogP contribution in [0.2, 0.25) is 0 Å². The molecule has 2 rings (SSSR count). The molecule has 0 aliphatic rings. The third-order valence-electron chi connectivity index (χ3n) is 1.82. The lowest BCUT2D eigenvalue weighted by molar-refractivity contribution is 0.143. The van der Waals surface area contributed by atoms with Crippen molar-refractivity contribution in [1.82, 2.24) is 0 Å². The summed E-state index contributed by atoms with van der Waals surface area (Å²) in [4.78, 5) is 9.99. The zero-order valence-electron chi connectivity index (χ0n) is 9.35. The Morgan fingerprint density at radius 2 is 1.44 bits per heavy atom.